The second kappa shape index (κ2) is 5.61. The second-order valence-electron chi connectivity index (χ2n) is 2.97. The van der Waals surface area contributed by atoms with Crippen molar-refractivity contribution in [2.45, 2.75) is 6.92 Å². The highest BCUT2D eigenvalue weighted by molar-refractivity contribution is 6.29. The molecule has 0 spiro atoms. The molecule has 0 aromatic heterocycles. The predicted octanol–water partition coefficient (Wildman–Crippen LogP) is 2.29. The standard InChI is InChI=1S/C11H14ClNO2/c1-3-13(11(14)8-12)9-4-6-10(15-2)7-5-9/h4-7H,3,8H2,1-2H3. The van der Waals surface area contributed by atoms with E-state index in [-0.39, 0.29) is 11.8 Å². The maximum Gasteiger partial charge on any atom is 0.241 e. The molecule has 82 valence electrons. The third-order valence-electron chi connectivity index (χ3n) is 2.12. The van der Waals surface area contributed by atoms with Gasteiger partial charge >= 0.3 is 0 Å². The van der Waals surface area contributed by atoms with Crippen LogP contribution in [0.1, 0.15) is 6.92 Å². The molecular weight excluding hydrogens is 214 g/mol. The summed E-state index contributed by atoms with van der Waals surface area (Å²) in [6.07, 6.45) is 0. The molecule has 0 aliphatic carbocycles. The number of carbonyl (C=O) groups is 1. The van der Waals surface area contributed by atoms with Crippen LogP contribution in [0.5, 0.6) is 5.75 Å². The lowest BCUT2D eigenvalue weighted by Gasteiger charge is -2.19. The van der Waals surface area contributed by atoms with Crippen molar-refractivity contribution in [1.29, 1.82) is 0 Å². The first-order valence-electron chi connectivity index (χ1n) is 4.73. The van der Waals surface area contributed by atoms with Crippen molar-refractivity contribution in [3.05, 3.63) is 24.3 Å². The molecule has 0 heterocycles. The minimum Gasteiger partial charge on any atom is -0.497 e. The predicted molar refractivity (Wildman–Crippen MR) is 61.7 cm³/mol. The Labute approximate surface area is 94.6 Å². The van der Waals surface area contributed by atoms with Gasteiger partial charge in [0, 0.05) is 12.2 Å². The number of alkyl halides is 1. The number of rotatable bonds is 4. The van der Waals surface area contributed by atoms with Gasteiger partial charge in [-0.25, -0.2) is 0 Å². The Hall–Kier alpha value is -1.22. The van der Waals surface area contributed by atoms with Crippen LogP contribution < -0.4 is 9.64 Å². The summed E-state index contributed by atoms with van der Waals surface area (Å²) in [5, 5.41) is 0. The lowest BCUT2D eigenvalue weighted by atomic mass is 10.2. The van der Waals surface area contributed by atoms with Crippen molar-refractivity contribution < 1.29 is 9.53 Å². The molecule has 0 aliphatic rings. The van der Waals surface area contributed by atoms with Gasteiger partial charge in [-0.1, -0.05) is 0 Å². The second-order valence-corrected chi connectivity index (χ2v) is 3.24. The SMILES string of the molecule is CCN(C(=O)CCl)c1ccc(OC)cc1. The van der Waals surface area contributed by atoms with E-state index >= 15 is 0 Å². The number of anilines is 1. The van der Waals surface area contributed by atoms with Gasteiger partial charge < -0.3 is 9.64 Å². The van der Waals surface area contributed by atoms with E-state index in [0.29, 0.717) is 6.54 Å². The van der Waals surface area contributed by atoms with Gasteiger partial charge in [0.15, 0.2) is 0 Å². The zero-order chi connectivity index (χ0) is 11.3. The van der Waals surface area contributed by atoms with Gasteiger partial charge in [-0.3, -0.25) is 4.79 Å². The van der Waals surface area contributed by atoms with Crippen LogP contribution in [-0.2, 0) is 4.79 Å². The molecule has 0 radical (unpaired) electrons. The van der Waals surface area contributed by atoms with Crippen LogP contribution in [0, 0.1) is 0 Å². The van der Waals surface area contributed by atoms with E-state index in [1.165, 1.54) is 0 Å². The molecule has 1 rings (SSSR count). The number of carbonyl (C=O) groups excluding carboxylic acids is 1. The summed E-state index contributed by atoms with van der Waals surface area (Å²) in [6, 6.07) is 7.32. The zero-order valence-corrected chi connectivity index (χ0v) is 9.62. The lowest BCUT2D eigenvalue weighted by Crippen LogP contribution is -2.31. The molecule has 4 heteroatoms. The third kappa shape index (κ3) is 2.86. The Bertz CT molecular complexity index is 324. The van der Waals surface area contributed by atoms with Crippen LogP contribution >= 0.6 is 11.6 Å². The van der Waals surface area contributed by atoms with E-state index in [9.17, 15) is 4.79 Å². The van der Waals surface area contributed by atoms with Crippen LogP contribution in [0.15, 0.2) is 24.3 Å². The van der Waals surface area contributed by atoms with E-state index in [0.717, 1.165) is 11.4 Å². The normalized spacial score (nSPS) is 9.80. The molecule has 0 atom stereocenters. The summed E-state index contributed by atoms with van der Waals surface area (Å²) in [4.78, 5) is 13.1. The van der Waals surface area contributed by atoms with Crippen molar-refractivity contribution in [2.75, 3.05) is 24.4 Å². The first-order chi connectivity index (χ1) is 7.22. The number of halogens is 1. The average molecular weight is 228 g/mol. The molecular formula is C11H14ClNO2. The summed E-state index contributed by atoms with van der Waals surface area (Å²) in [6.45, 7) is 2.52. The molecule has 0 fully saturated rings. The monoisotopic (exact) mass is 227 g/mol. The number of hydrogen-bond donors (Lipinski definition) is 0. The highest BCUT2D eigenvalue weighted by atomic mass is 35.5. The molecule has 0 N–H and O–H groups in total. The minimum atomic E-state index is -0.0932. The van der Waals surface area contributed by atoms with E-state index in [1.54, 1.807) is 12.0 Å². The maximum atomic E-state index is 11.5. The number of methoxy groups -OCH3 is 1. The fourth-order valence-corrected chi connectivity index (χ4v) is 1.48. The van der Waals surface area contributed by atoms with E-state index in [4.69, 9.17) is 16.3 Å². The zero-order valence-electron chi connectivity index (χ0n) is 8.87. The van der Waals surface area contributed by atoms with Crippen LogP contribution in [0.4, 0.5) is 5.69 Å². The first-order valence-corrected chi connectivity index (χ1v) is 5.26. The Balaban J connectivity index is 2.87. The molecule has 15 heavy (non-hydrogen) atoms. The number of nitrogens with zero attached hydrogens (tertiary/aromatic N) is 1. The van der Waals surface area contributed by atoms with Gasteiger partial charge in [0.1, 0.15) is 11.6 Å². The smallest absolute Gasteiger partial charge is 0.241 e. The summed E-state index contributed by atoms with van der Waals surface area (Å²) >= 11 is 5.52. The highest BCUT2D eigenvalue weighted by Gasteiger charge is 2.11. The fraction of sp³-hybridized carbons (Fsp3) is 0.364. The molecule has 1 aromatic rings. The third-order valence-corrected chi connectivity index (χ3v) is 2.34. The van der Waals surface area contributed by atoms with Gasteiger partial charge in [-0.05, 0) is 31.2 Å². The van der Waals surface area contributed by atoms with Crippen LogP contribution in [0.25, 0.3) is 0 Å². The van der Waals surface area contributed by atoms with E-state index < -0.39 is 0 Å². The van der Waals surface area contributed by atoms with Crippen molar-refractivity contribution in [3.8, 4) is 5.75 Å². The largest absolute Gasteiger partial charge is 0.497 e. The van der Waals surface area contributed by atoms with E-state index in [1.807, 2.05) is 31.2 Å². The number of ether oxygens (including phenoxy) is 1. The topological polar surface area (TPSA) is 29.5 Å². The quantitative estimate of drug-likeness (QED) is 0.739. The fourth-order valence-electron chi connectivity index (χ4n) is 1.34. The number of benzene rings is 1. The van der Waals surface area contributed by atoms with Gasteiger partial charge in [0.05, 0.1) is 7.11 Å². The summed E-state index contributed by atoms with van der Waals surface area (Å²) in [7, 11) is 1.61. The van der Waals surface area contributed by atoms with Crippen molar-refractivity contribution in [1.82, 2.24) is 0 Å². The maximum absolute atomic E-state index is 11.5. The molecule has 3 nitrogen and oxygen atoms in total. The highest BCUT2D eigenvalue weighted by Crippen LogP contribution is 2.19. The van der Waals surface area contributed by atoms with Crippen molar-refractivity contribution in [3.63, 3.8) is 0 Å². The number of hydrogen-bond acceptors (Lipinski definition) is 2. The summed E-state index contributed by atoms with van der Waals surface area (Å²) in [5.74, 6) is 0.678. The molecule has 1 amide bonds. The Morgan fingerprint density at radius 2 is 2.00 bits per heavy atom. The van der Waals surface area contributed by atoms with Gasteiger partial charge in [0.2, 0.25) is 5.91 Å². The molecule has 0 saturated carbocycles. The molecule has 0 unspecified atom stereocenters. The molecule has 0 saturated heterocycles. The first kappa shape index (κ1) is 11.9. The van der Waals surface area contributed by atoms with Crippen LogP contribution in [-0.4, -0.2) is 25.4 Å². The van der Waals surface area contributed by atoms with Gasteiger partial charge in [-0.2, -0.15) is 0 Å². The van der Waals surface area contributed by atoms with Gasteiger partial charge in [-0.15, -0.1) is 11.6 Å². The Morgan fingerprint density at radius 3 is 2.40 bits per heavy atom. The van der Waals surface area contributed by atoms with Gasteiger partial charge in [0.25, 0.3) is 0 Å². The summed E-state index contributed by atoms with van der Waals surface area (Å²) in [5.41, 5.74) is 0.837. The summed E-state index contributed by atoms with van der Waals surface area (Å²) < 4.78 is 5.04. The van der Waals surface area contributed by atoms with Crippen molar-refractivity contribution >= 4 is 23.2 Å². The molecule has 1 aromatic carbocycles. The van der Waals surface area contributed by atoms with Crippen LogP contribution in [0.3, 0.4) is 0 Å². The Morgan fingerprint density at radius 1 is 1.40 bits per heavy atom. The minimum absolute atomic E-state index is 0.000130. The van der Waals surface area contributed by atoms with Crippen LogP contribution in [0.2, 0.25) is 0 Å². The Kier molecular flexibility index (Phi) is 4.43. The van der Waals surface area contributed by atoms with E-state index in [2.05, 4.69) is 0 Å². The molecule has 0 aliphatic heterocycles. The average Bonchev–Trinajstić information content (AvgIpc) is 2.30. The van der Waals surface area contributed by atoms with Crippen molar-refractivity contribution in [2.24, 2.45) is 0 Å². The molecule has 0 bridgehead atoms. The lowest BCUT2D eigenvalue weighted by molar-refractivity contribution is -0.116. The number of amides is 1.